The van der Waals surface area contributed by atoms with Crippen LogP contribution in [0.2, 0.25) is 0 Å². The molecule has 0 bridgehead atoms. The molecule has 0 N–H and O–H groups in total. The predicted octanol–water partition coefficient (Wildman–Crippen LogP) is 1.39. The Balaban J connectivity index is 3.49. The van der Waals surface area contributed by atoms with Crippen LogP contribution in [0.3, 0.4) is 0 Å². The minimum absolute atomic E-state index is 0.131. The van der Waals surface area contributed by atoms with Crippen LogP contribution in [-0.4, -0.2) is 40.1 Å². The van der Waals surface area contributed by atoms with Crippen LogP contribution >= 0.6 is 10.7 Å². The Bertz CT molecular complexity index is 248. The summed E-state index contributed by atoms with van der Waals surface area (Å²) in [5, 5.41) is 0. The lowest BCUT2D eigenvalue weighted by molar-refractivity contribution is -0.00796. The summed E-state index contributed by atoms with van der Waals surface area (Å²) in [4.78, 5) is 0. The monoisotopic (exact) mass is 244 g/mol. The fraction of sp³-hybridized carbons (Fsp3) is 1.00. The summed E-state index contributed by atoms with van der Waals surface area (Å²) in [6, 6.07) is 0. The van der Waals surface area contributed by atoms with Crippen molar-refractivity contribution in [2.24, 2.45) is 0 Å². The van der Waals surface area contributed by atoms with Gasteiger partial charge in [-0.25, -0.2) is 8.42 Å². The minimum atomic E-state index is -3.43. The standard InChI is InChI=1S/C8H17ClO4S/c1-8(2,12-3)4-5-13-6-7-14(9,10)11/h4-7H2,1-3H3. The molecule has 86 valence electrons. The summed E-state index contributed by atoms with van der Waals surface area (Å²) in [6.45, 7) is 4.47. The second-order valence-corrected chi connectivity index (χ2v) is 6.47. The number of halogens is 1. The molecule has 0 fully saturated rings. The number of rotatable bonds is 7. The average molecular weight is 245 g/mol. The molecule has 0 aliphatic heterocycles. The van der Waals surface area contributed by atoms with Gasteiger partial charge in [0.05, 0.1) is 18.0 Å². The lowest BCUT2D eigenvalue weighted by atomic mass is 10.1. The first-order chi connectivity index (χ1) is 6.27. The largest absolute Gasteiger partial charge is 0.380 e. The van der Waals surface area contributed by atoms with E-state index in [9.17, 15) is 8.42 Å². The van der Waals surface area contributed by atoms with E-state index in [1.807, 2.05) is 13.8 Å². The van der Waals surface area contributed by atoms with Crippen LogP contribution in [0.4, 0.5) is 0 Å². The molecule has 0 atom stereocenters. The molecule has 0 saturated heterocycles. The highest BCUT2D eigenvalue weighted by Gasteiger charge is 2.15. The van der Waals surface area contributed by atoms with Crippen molar-refractivity contribution in [1.82, 2.24) is 0 Å². The summed E-state index contributed by atoms with van der Waals surface area (Å²) in [7, 11) is 3.20. The maximum absolute atomic E-state index is 10.5. The molecule has 0 heterocycles. The zero-order chi connectivity index (χ0) is 11.2. The van der Waals surface area contributed by atoms with E-state index in [0.717, 1.165) is 0 Å². The molecule has 0 aromatic rings. The Morgan fingerprint density at radius 2 is 1.86 bits per heavy atom. The Morgan fingerprint density at radius 1 is 1.29 bits per heavy atom. The van der Waals surface area contributed by atoms with Crippen molar-refractivity contribution in [1.29, 1.82) is 0 Å². The van der Waals surface area contributed by atoms with Gasteiger partial charge in [-0.2, -0.15) is 0 Å². The first-order valence-electron chi connectivity index (χ1n) is 4.32. The van der Waals surface area contributed by atoms with E-state index in [1.165, 1.54) is 0 Å². The number of ether oxygens (including phenoxy) is 2. The number of hydrogen-bond acceptors (Lipinski definition) is 4. The van der Waals surface area contributed by atoms with Gasteiger partial charge >= 0.3 is 0 Å². The van der Waals surface area contributed by atoms with Crippen molar-refractivity contribution in [3.8, 4) is 0 Å². The van der Waals surface area contributed by atoms with Gasteiger partial charge in [-0.3, -0.25) is 0 Å². The van der Waals surface area contributed by atoms with Gasteiger partial charge in [-0.05, 0) is 20.3 Å². The normalized spacial score (nSPS) is 13.1. The van der Waals surface area contributed by atoms with Crippen LogP contribution in [0.15, 0.2) is 0 Å². The maximum atomic E-state index is 10.5. The van der Waals surface area contributed by atoms with E-state index < -0.39 is 9.05 Å². The zero-order valence-electron chi connectivity index (χ0n) is 8.75. The van der Waals surface area contributed by atoms with Crippen LogP contribution < -0.4 is 0 Å². The first-order valence-corrected chi connectivity index (χ1v) is 6.80. The second-order valence-electron chi connectivity index (χ2n) is 3.57. The molecule has 0 aliphatic carbocycles. The Labute approximate surface area is 90.0 Å². The van der Waals surface area contributed by atoms with E-state index in [1.54, 1.807) is 7.11 Å². The fourth-order valence-corrected chi connectivity index (χ4v) is 1.19. The summed E-state index contributed by atoms with van der Waals surface area (Å²) in [5.41, 5.74) is -0.236. The molecule has 0 aliphatic rings. The Kier molecular flexibility index (Phi) is 5.97. The lowest BCUT2D eigenvalue weighted by Crippen LogP contribution is -2.24. The van der Waals surface area contributed by atoms with Crippen molar-refractivity contribution >= 4 is 19.7 Å². The smallest absolute Gasteiger partial charge is 0.234 e. The Hall–Kier alpha value is 0.160. The summed E-state index contributed by atoms with van der Waals surface area (Å²) >= 11 is 0. The van der Waals surface area contributed by atoms with Gasteiger partial charge in [-0.1, -0.05) is 0 Å². The highest BCUT2D eigenvalue weighted by molar-refractivity contribution is 8.13. The molecule has 6 heteroatoms. The third kappa shape index (κ3) is 8.74. The first kappa shape index (κ1) is 14.2. The van der Waals surface area contributed by atoms with Crippen LogP contribution in [0, 0.1) is 0 Å². The quantitative estimate of drug-likeness (QED) is 0.502. The average Bonchev–Trinajstić information content (AvgIpc) is 2.01. The second kappa shape index (κ2) is 5.90. The molecule has 0 aromatic carbocycles. The zero-order valence-corrected chi connectivity index (χ0v) is 10.3. The van der Waals surface area contributed by atoms with Crippen LogP contribution in [0.25, 0.3) is 0 Å². The van der Waals surface area contributed by atoms with E-state index in [0.29, 0.717) is 13.0 Å². The molecule has 0 spiro atoms. The van der Waals surface area contributed by atoms with Crippen molar-refractivity contribution in [2.75, 3.05) is 26.1 Å². The van der Waals surface area contributed by atoms with Crippen molar-refractivity contribution in [2.45, 2.75) is 25.9 Å². The van der Waals surface area contributed by atoms with E-state index >= 15 is 0 Å². The highest BCUT2D eigenvalue weighted by atomic mass is 35.7. The van der Waals surface area contributed by atoms with Gasteiger partial charge in [-0.15, -0.1) is 0 Å². The predicted molar refractivity (Wildman–Crippen MR) is 56.2 cm³/mol. The summed E-state index contributed by atoms with van der Waals surface area (Å²) in [6.07, 6.45) is 0.714. The van der Waals surface area contributed by atoms with Crippen LogP contribution in [0.1, 0.15) is 20.3 Å². The number of hydrogen-bond donors (Lipinski definition) is 0. The Morgan fingerprint density at radius 3 is 2.29 bits per heavy atom. The van der Waals surface area contributed by atoms with Crippen molar-refractivity contribution < 1.29 is 17.9 Å². The third-order valence-corrected chi connectivity index (χ3v) is 2.99. The molecule has 14 heavy (non-hydrogen) atoms. The van der Waals surface area contributed by atoms with Gasteiger partial charge in [0.15, 0.2) is 0 Å². The molecule has 0 amide bonds. The lowest BCUT2D eigenvalue weighted by Gasteiger charge is -2.22. The van der Waals surface area contributed by atoms with Gasteiger partial charge in [0, 0.05) is 24.4 Å². The molecule has 0 aromatic heterocycles. The molecular weight excluding hydrogens is 228 g/mol. The topological polar surface area (TPSA) is 52.6 Å². The maximum Gasteiger partial charge on any atom is 0.234 e. The van der Waals surface area contributed by atoms with Gasteiger partial charge in [0.1, 0.15) is 0 Å². The molecular formula is C8H17ClO4S. The van der Waals surface area contributed by atoms with Gasteiger partial charge < -0.3 is 9.47 Å². The van der Waals surface area contributed by atoms with E-state index in [-0.39, 0.29) is 18.0 Å². The third-order valence-electron chi connectivity index (χ3n) is 1.87. The molecule has 0 radical (unpaired) electrons. The van der Waals surface area contributed by atoms with Crippen LogP contribution in [0.5, 0.6) is 0 Å². The molecule has 0 rings (SSSR count). The van der Waals surface area contributed by atoms with Gasteiger partial charge in [0.2, 0.25) is 9.05 Å². The summed E-state index contributed by atoms with van der Waals surface area (Å²) in [5.74, 6) is -0.151. The highest BCUT2D eigenvalue weighted by Crippen LogP contribution is 2.12. The van der Waals surface area contributed by atoms with E-state index in [2.05, 4.69) is 0 Å². The van der Waals surface area contributed by atoms with E-state index in [4.69, 9.17) is 20.2 Å². The molecule has 0 unspecified atom stereocenters. The molecule has 4 nitrogen and oxygen atoms in total. The number of methoxy groups -OCH3 is 1. The minimum Gasteiger partial charge on any atom is -0.380 e. The van der Waals surface area contributed by atoms with Crippen LogP contribution in [-0.2, 0) is 18.5 Å². The molecule has 0 saturated carbocycles. The summed E-state index contributed by atoms with van der Waals surface area (Å²) < 4.78 is 31.3. The SMILES string of the molecule is COC(C)(C)CCOCCS(=O)(=O)Cl. The van der Waals surface area contributed by atoms with Crippen molar-refractivity contribution in [3.63, 3.8) is 0 Å². The van der Waals surface area contributed by atoms with Crippen molar-refractivity contribution in [3.05, 3.63) is 0 Å². The fourth-order valence-electron chi connectivity index (χ4n) is 0.681. The van der Waals surface area contributed by atoms with Gasteiger partial charge in [0.25, 0.3) is 0 Å².